The summed E-state index contributed by atoms with van der Waals surface area (Å²) in [4.78, 5) is 25.4. The van der Waals surface area contributed by atoms with Gasteiger partial charge in [-0.15, -0.1) is 0 Å². The molecule has 0 aliphatic carbocycles. The molecule has 1 saturated heterocycles. The van der Waals surface area contributed by atoms with E-state index in [0.717, 1.165) is 12.1 Å². The fourth-order valence-electron chi connectivity index (χ4n) is 4.14. The van der Waals surface area contributed by atoms with Gasteiger partial charge in [-0.2, -0.15) is 26.3 Å². The molecule has 1 aromatic carbocycles. The van der Waals surface area contributed by atoms with Crippen LogP contribution in [0.2, 0.25) is 25.7 Å². The topological polar surface area (TPSA) is 70.1 Å². The van der Waals surface area contributed by atoms with Crippen molar-refractivity contribution in [2.24, 2.45) is 11.3 Å². The summed E-state index contributed by atoms with van der Waals surface area (Å²) >= 11 is 0. The first-order chi connectivity index (χ1) is 18.1. The highest BCUT2D eigenvalue weighted by molar-refractivity contribution is 6.76. The van der Waals surface area contributed by atoms with Gasteiger partial charge in [-0.25, -0.2) is 9.18 Å². The minimum absolute atomic E-state index is 0.144. The molecular weight excluding hydrogens is 565 g/mol. The average Bonchev–Trinajstić information content (AvgIpc) is 2.75. The highest BCUT2D eigenvalue weighted by Gasteiger charge is 2.62. The van der Waals surface area contributed by atoms with Crippen LogP contribution in [-0.2, 0) is 16.1 Å². The highest BCUT2D eigenvalue weighted by atomic mass is 28.3. The van der Waals surface area contributed by atoms with E-state index in [1.54, 1.807) is 0 Å². The summed E-state index contributed by atoms with van der Waals surface area (Å²) in [7, 11) is -1.46. The van der Waals surface area contributed by atoms with E-state index in [0.29, 0.717) is 0 Å². The zero-order valence-corrected chi connectivity index (χ0v) is 23.8. The molecule has 40 heavy (non-hydrogen) atoms. The largest absolute Gasteiger partial charge is 0.465 e. The van der Waals surface area contributed by atoms with Crippen LogP contribution in [0, 0.1) is 29.0 Å². The summed E-state index contributed by atoms with van der Waals surface area (Å²) in [6.07, 6.45) is -13.4. The number of carboxylic acid groups (broad SMARTS) is 1. The molecule has 6 nitrogen and oxygen atoms in total. The van der Waals surface area contributed by atoms with Crippen LogP contribution < -0.4 is 0 Å². The van der Waals surface area contributed by atoms with E-state index in [9.17, 15) is 45.4 Å². The van der Waals surface area contributed by atoms with Gasteiger partial charge in [0.1, 0.15) is 11.2 Å². The maximum Gasteiger partial charge on any atom is 0.407 e. The van der Waals surface area contributed by atoms with Gasteiger partial charge in [-0.3, -0.25) is 9.69 Å². The van der Waals surface area contributed by atoms with Crippen LogP contribution in [0.25, 0.3) is 0 Å². The number of carbonyl (C=O) groups excluding carboxylic acids is 1. The molecule has 1 aromatic rings. The Labute approximate surface area is 229 Å². The van der Waals surface area contributed by atoms with Crippen molar-refractivity contribution in [3.05, 3.63) is 35.1 Å². The minimum Gasteiger partial charge on any atom is -0.465 e. The quantitative estimate of drug-likeness (QED) is 0.181. The van der Waals surface area contributed by atoms with Crippen molar-refractivity contribution in [3.8, 4) is 11.8 Å². The fourth-order valence-corrected chi connectivity index (χ4v) is 4.85. The fraction of sp³-hybridized carbons (Fsp3) is 0.615. The molecule has 1 fully saturated rings. The third-order valence-electron chi connectivity index (χ3n) is 6.43. The second-order valence-corrected chi connectivity index (χ2v) is 17.1. The number of ether oxygens (including phenoxy) is 1. The molecular formula is C26H33F7N2O4Si. The number of amides is 1. The Bertz CT molecular complexity index is 1120. The number of alkyl halides is 6. The number of piperazine rings is 1. The van der Waals surface area contributed by atoms with Gasteiger partial charge in [0.05, 0.1) is 18.2 Å². The van der Waals surface area contributed by atoms with E-state index < -0.39 is 68.8 Å². The van der Waals surface area contributed by atoms with Gasteiger partial charge in [-0.1, -0.05) is 43.6 Å². The molecule has 0 bridgehead atoms. The summed E-state index contributed by atoms with van der Waals surface area (Å²) in [5.41, 5.74) is -1.34. The molecule has 1 amide bonds. The van der Waals surface area contributed by atoms with E-state index >= 15 is 0 Å². The molecule has 1 N–H and O–H groups in total. The first kappa shape index (κ1) is 33.4. The molecule has 0 spiro atoms. The number of halogens is 7. The molecule has 224 valence electrons. The Morgan fingerprint density at radius 3 is 2.23 bits per heavy atom. The molecule has 2 rings (SSSR count). The molecule has 1 aliphatic rings. The maximum absolute atomic E-state index is 14.8. The normalized spacial score (nSPS) is 17.4. The first-order valence-corrected chi connectivity index (χ1v) is 16.2. The van der Waals surface area contributed by atoms with Crippen LogP contribution in [0.3, 0.4) is 0 Å². The Morgan fingerprint density at radius 2 is 1.70 bits per heavy atom. The summed E-state index contributed by atoms with van der Waals surface area (Å²) < 4.78 is 101. The van der Waals surface area contributed by atoms with Crippen molar-refractivity contribution < 1.29 is 50.2 Å². The molecule has 1 aliphatic heterocycles. The summed E-state index contributed by atoms with van der Waals surface area (Å²) in [6.45, 7) is 7.53. The standard InChI is InChI=1S/C26H33F7N2O4Si/c1-24(2,22(36)39-13-14-40(3,4)5)10-9-18-17(7-6-8-19(18)27)15-34-11-12-35(23(37)38)20(16-34)21(25(28,29)30)26(31,32)33/h6-8,20-21H,11-16H2,1-5H3,(H,37,38). The zero-order chi connectivity index (χ0) is 30.7. The number of carbonyl (C=O) groups is 2. The van der Waals surface area contributed by atoms with Gasteiger partial charge in [0.15, 0.2) is 5.92 Å². The second kappa shape index (κ2) is 12.4. The Kier molecular flexibility index (Phi) is 10.3. The highest BCUT2D eigenvalue weighted by Crippen LogP contribution is 2.44. The summed E-state index contributed by atoms with van der Waals surface area (Å²) in [6, 6.07) is 2.08. The van der Waals surface area contributed by atoms with Gasteiger partial charge in [-0.05, 0) is 31.5 Å². The molecule has 1 atom stereocenters. The lowest BCUT2D eigenvalue weighted by Crippen LogP contribution is -2.62. The van der Waals surface area contributed by atoms with Crippen molar-refractivity contribution in [3.63, 3.8) is 0 Å². The Balaban J connectivity index is 2.32. The van der Waals surface area contributed by atoms with Crippen LogP contribution in [0.4, 0.5) is 35.5 Å². The maximum atomic E-state index is 14.8. The van der Waals surface area contributed by atoms with Gasteiger partial charge in [0, 0.05) is 34.3 Å². The van der Waals surface area contributed by atoms with Gasteiger partial charge >= 0.3 is 24.4 Å². The first-order valence-electron chi connectivity index (χ1n) is 12.5. The van der Waals surface area contributed by atoms with E-state index in [1.165, 1.54) is 30.9 Å². The van der Waals surface area contributed by atoms with Crippen LogP contribution in [-0.4, -0.2) is 79.7 Å². The minimum atomic E-state index is -5.75. The van der Waals surface area contributed by atoms with Crippen molar-refractivity contribution >= 4 is 20.1 Å². The SMILES string of the molecule is CC(C)(C#Cc1c(F)cccc1CN1CCN(C(=O)O)C(C(C(F)(F)F)C(F)(F)F)C1)C(=O)OCC[Si](C)(C)C. The molecule has 0 radical (unpaired) electrons. The van der Waals surface area contributed by atoms with Gasteiger partial charge < -0.3 is 14.7 Å². The predicted molar refractivity (Wildman–Crippen MR) is 136 cm³/mol. The number of esters is 1. The van der Waals surface area contributed by atoms with Crippen LogP contribution >= 0.6 is 0 Å². The Hall–Kier alpha value is -2.79. The lowest BCUT2D eigenvalue weighted by molar-refractivity contribution is -0.300. The van der Waals surface area contributed by atoms with Crippen molar-refractivity contribution in [1.29, 1.82) is 0 Å². The van der Waals surface area contributed by atoms with Crippen LogP contribution in [0.5, 0.6) is 0 Å². The molecule has 0 saturated carbocycles. The number of rotatable bonds is 7. The summed E-state index contributed by atoms with van der Waals surface area (Å²) in [5, 5.41) is 9.30. The number of nitrogens with zero attached hydrogens (tertiary/aromatic N) is 2. The van der Waals surface area contributed by atoms with Crippen LogP contribution in [0.15, 0.2) is 18.2 Å². The van der Waals surface area contributed by atoms with Crippen LogP contribution in [0.1, 0.15) is 25.0 Å². The number of benzene rings is 1. The lowest BCUT2D eigenvalue weighted by Gasteiger charge is -2.44. The molecule has 14 heteroatoms. The third-order valence-corrected chi connectivity index (χ3v) is 8.13. The molecule has 1 unspecified atom stereocenters. The van der Waals surface area contributed by atoms with Crippen molar-refractivity contribution in [2.45, 2.75) is 64.5 Å². The second-order valence-electron chi connectivity index (χ2n) is 11.4. The third kappa shape index (κ3) is 9.12. The Morgan fingerprint density at radius 1 is 1.10 bits per heavy atom. The monoisotopic (exact) mass is 598 g/mol. The average molecular weight is 599 g/mol. The van der Waals surface area contributed by atoms with Gasteiger partial charge in [0.2, 0.25) is 0 Å². The lowest BCUT2D eigenvalue weighted by atomic mass is 9.93. The molecule has 0 aromatic heterocycles. The number of hydrogen-bond donors (Lipinski definition) is 1. The van der Waals surface area contributed by atoms with Crippen molar-refractivity contribution in [1.82, 2.24) is 9.80 Å². The van der Waals surface area contributed by atoms with E-state index in [1.807, 2.05) is 0 Å². The van der Waals surface area contributed by atoms with E-state index in [2.05, 4.69) is 31.5 Å². The van der Waals surface area contributed by atoms with Gasteiger partial charge in [0.25, 0.3) is 0 Å². The predicted octanol–water partition coefficient (Wildman–Crippen LogP) is 5.99. The zero-order valence-electron chi connectivity index (χ0n) is 22.8. The van der Waals surface area contributed by atoms with E-state index in [4.69, 9.17) is 4.74 Å². The smallest absolute Gasteiger partial charge is 0.407 e. The summed E-state index contributed by atoms with van der Waals surface area (Å²) in [5.74, 6) is -0.0402. The number of hydrogen-bond acceptors (Lipinski definition) is 4. The molecule has 1 heterocycles. The van der Waals surface area contributed by atoms with Crippen molar-refractivity contribution in [2.75, 3.05) is 26.2 Å². The van der Waals surface area contributed by atoms with E-state index in [-0.39, 0.29) is 35.7 Å².